The normalized spacial score (nSPS) is 14.9. The molecule has 656 valence electrons. The number of fused-ring (bicyclic) bond motifs is 12. The molecule has 0 saturated carbocycles. The number of aliphatic hydroxyl groups is 1. The fourth-order valence-electron chi connectivity index (χ4n) is 15.5. The fraction of sp³-hybridized carbons (Fsp3) is 0.280. The maximum absolute atomic E-state index is 13.4. The lowest BCUT2D eigenvalue weighted by atomic mass is 9.99. The van der Waals surface area contributed by atoms with Crippen molar-refractivity contribution < 1.29 is 33.4 Å². The number of esters is 1. The summed E-state index contributed by atoms with van der Waals surface area (Å²) in [5.41, 5.74) is 18.3. The zero-order chi connectivity index (χ0) is 90.8. The molecular formula is C93H91Cl3FN21O6S4. The molecule has 9 aromatic heterocycles. The molecule has 18 rings (SSSR count). The number of aliphatic imine (C=N–C) groups is 4. The molecule has 4 atom stereocenters. The molecule has 4 aliphatic heterocycles. The molecule has 128 heavy (non-hydrogen) atoms. The van der Waals surface area contributed by atoms with Gasteiger partial charge in [-0.25, -0.2) is 4.39 Å². The number of rotatable bonds is 18. The second-order valence-corrected chi connectivity index (χ2v) is 37.0. The van der Waals surface area contributed by atoms with Crippen molar-refractivity contribution >= 4 is 144 Å². The van der Waals surface area contributed by atoms with Gasteiger partial charge in [0, 0.05) is 117 Å². The summed E-state index contributed by atoms with van der Waals surface area (Å²) in [6, 6.07) is 39.0. The fourth-order valence-corrected chi connectivity index (χ4v) is 20.7. The molecule has 0 saturated heterocycles. The topological polar surface area (TPSA) is 322 Å². The van der Waals surface area contributed by atoms with E-state index < -0.39 is 24.2 Å². The third-order valence-corrected chi connectivity index (χ3v) is 28.0. The van der Waals surface area contributed by atoms with Gasteiger partial charge in [-0.05, 0) is 197 Å². The van der Waals surface area contributed by atoms with E-state index >= 15 is 0 Å². The Labute approximate surface area is 769 Å². The number of anilines is 3. The summed E-state index contributed by atoms with van der Waals surface area (Å²) >= 11 is 25.1. The van der Waals surface area contributed by atoms with E-state index in [1.807, 2.05) is 155 Å². The average molecular weight is 1850 g/mol. The summed E-state index contributed by atoms with van der Waals surface area (Å²) in [6.07, 6.45) is 3.80. The Morgan fingerprint density at radius 1 is 0.445 bits per heavy atom. The molecule has 4 aliphatic rings. The van der Waals surface area contributed by atoms with E-state index in [1.165, 1.54) is 37.2 Å². The number of aromatic nitrogens is 13. The van der Waals surface area contributed by atoms with Gasteiger partial charge in [0.05, 0.1) is 73.6 Å². The van der Waals surface area contributed by atoms with Crippen molar-refractivity contribution in [2.45, 2.75) is 140 Å². The van der Waals surface area contributed by atoms with Crippen molar-refractivity contribution in [2.75, 3.05) is 44.1 Å². The smallest absolute Gasteiger partial charge is 0.308 e. The summed E-state index contributed by atoms with van der Waals surface area (Å²) in [6.45, 7) is 26.7. The number of pyridine rings is 1. The first-order valence-corrected chi connectivity index (χ1v) is 45.6. The van der Waals surface area contributed by atoms with E-state index in [9.17, 15) is 23.6 Å². The maximum atomic E-state index is 13.4. The molecule has 3 unspecified atom stereocenters. The van der Waals surface area contributed by atoms with Crippen LogP contribution in [0.2, 0.25) is 15.1 Å². The van der Waals surface area contributed by atoms with Gasteiger partial charge in [-0.3, -0.25) is 62.4 Å². The van der Waals surface area contributed by atoms with Crippen LogP contribution in [0.25, 0.3) is 20.0 Å². The Balaban J connectivity index is 0.000000132. The number of benzene rings is 5. The van der Waals surface area contributed by atoms with Crippen LogP contribution in [0.5, 0.6) is 0 Å². The summed E-state index contributed by atoms with van der Waals surface area (Å²) in [4.78, 5) is 81.2. The van der Waals surface area contributed by atoms with Crippen molar-refractivity contribution in [3.63, 3.8) is 0 Å². The number of nitrogens with zero attached hydrogens (tertiary/aromatic N) is 18. The Kier molecular flexibility index (Phi) is 27.4. The van der Waals surface area contributed by atoms with E-state index in [1.54, 1.807) is 96.0 Å². The van der Waals surface area contributed by atoms with Crippen molar-refractivity contribution in [3.05, 3.63) is 300 Å². The van der Waals surface area contributed by atoms with Gasteiger partial charge in [0.15, 0.2) is 23.3 Å². The summed E-state index contributed by atoms with van der Waals surface area (Å²) in [5, 5.41) is 58.1. The van der Waals surface area contributed by atoms with Crippen LogP contribution in [0.4, 0.5) is 21.5 Å². The molecular weight excluding hydrogens is 1760 g/mol. The van der Waals surface area contributed by atoms with Gasteiger partial charge in [0.25, 0.3) is 0 Å². The molecule has 3 amide bonds. The quantitative estimate of drug-likeness (QED) is 0.0580. The Morgan fingerprint density at radius 3 is 1.09 bits per heavy atom. The minimum Gasteiger partial charge on any atom is -0.466 e. The van der Waals surface area contributed by atoms with Crippen molar-refractivity contribution in [3.8, 4) is 20.0 Å². The van der Waals surface area contributed by atoms with Crippen LogP contribution in [-0.2, 0) is 23.9 Å². The van der Waals surface area contributed by atoms with E-state index in [0.717, 1.165) is 139 Å². The number of carbonyl (C=O) groups excluding carboxylic acids is 4. The van der Waals surface area contributed by atoms with Gasteiger partial charge in [0.2, 0.25) is 17.7 Å². The molecule has 0 spiro atoms. The average Bonchev–Trinajstić information content (AvgIpc) is 1.61. The monoisotopic (exact) mass is 1850 g/mol. The van der Waals surface area contributed by atoms with Crippen LogP contribution < -0.4 is 20.9 Å². The van der Waals surface area contributed by atoms with Gasteiger partial charge >= 0.3 is 5.97 Å². The Hall–Kier alpha value is -12.3. The standard InChI is InChI=1S/C28H28FN5O2S.C24H21ClN6OS.C21H22ClN5O2S.C20H20ClN5OS/c1-6-36-24(35)15-23-27-32-31-18(4)34(27)28-25(16(2)17(3)37-28)26(30-23)19-7-11-21(12-8-19)33(5)22-13-9-20(29)10-14-22;1-13-14(2)33-24-21(13)22(16-6-8-17(25)9-7-16)28-19(23-30-29-15(3)31(23)24)11-20(32)27-18-5-4-10-26-12-18;1-11-12(2)30-21-18(11)19(14-4-6-15(22)7-5-14)24-16(10-17(29)23-8-9-28)20-26-25-13(3)27(20)21;1-10-11(2)28-20-17(10)18(13-5-7-14(21)8-6-13)23-15(9-16(27)22-4)19-25-24-12(3)26(19)20/h7-14,23H,6,15H2,1-5H3;4-10,12,19H,11H2,1-3H3,(H,27,32);4-7,16,28H,8-10H2,1-3H3,(H,23,29);5-8,15H,9H2,1-4H3,(H,22,27)/t23-;;;/m0.../s1. The number of aliphatic hydroxyl groups excluding tert-OH is 1. The van der Waals surface area contributed by atoms with Gasteiger partial charge in [0.1, 0.15) is 73.3 Å². The number of carbonyl (C=O) groups is 4. The van der Waals surface area contributed by atoms with E-state index in [0.29, 0.717) is 50.7 Å². The van der Waals surface area contributed by atoms with Gasteiger partial charge in [-0.1, -0.05) is 83.3 Å². The number of hydrogen-bond acceptors (Lipinski definition) is 24. The van der Waals surface area contributed by atoms with Gasteiger partial charge in [-0.15, -0.1) is 86.1 Å². The zero-order valence-corrected chi connectivity index (χ0v) is 78.3. The number of amides is 3. The van der Waals surface area contributed by atoms with Crippen LogP contribution in [-0.4, -0.2) is 150 Å². The van der Waals surface area contributed by atoms with Crippen LogP contribution in [0.3, 0.4) is 0 Å². The van der Waals surface area contributed by atoms with Gasteiger partial charge in [-0.2, -0.15) is 0 Å². The number of aryl methyl sites for hydroxylation is 8. The lowest BCUT2D eigenvalue weighted by Crippen LogP contribution is -2.28. The molecule has 0 aliphatic carbocycles. The van der Waals surface area contributed by atoms with Crippen molar-refractivity contribution in [2.24, 2.45) is 20.0 Å². The molecule has 0 radical (unpaired) electrons. The molecule has 0 fully saturated rings. The lowest BCUT2D eigenvalue weighted by molar-refractivity contribution is -0.143. The summed E-state index contributed by atoms with van der Waals surface area (Å²) in [7, 11) is 3.57. The highest BCUT2D eigenvalue weighted by atomic mass is 35.5. The number of ether oxygens (including phenoxy) is 1. The molecule has 27 nitrogen and oxygen atoms in total. The highest BCUT2D eigenvalue weighted by molar-refractivity contribution is 7.16. The van der Waals surface area contributed by atoms with Crippen LogP contribution in [0.1, 0.15) is 190 Å². The second kappa shape index (κ2) is 38.7. The predicted molar refractivity (Wildman–Crippen MR) is 505 cm³/mol. The van der Waals surface area contributed by atoms with Gasteiger partial charge < -0.3 is 30.7 Å². The van der Waals surface area contributed by atoms with Crippen LogP contribution in [0.15, 0.2) is 166 Å². The van der Waals surface area contributed by atoms with Crippen LogP contribution in [0, 0.1) is 88.9 Å². The SMILES string of the molecule is CCOC(=O)C[C@@H]1N=C(c2ccc(N(C)c3ccc(F)cc3)cc2)c2c(sc(C)c2C)-n2c(C)nnc21.CNC(=O)CC1N=C(c2ccc(Cl)cc2)c2c(sc(C)c2C)-n2c(C)nnc21.Cc1sc2c(c1C)C(c1ccc(Cl)cc1)=NC(CC(=O)NCCO)c1nnc(C)n1-2.Cc1sc2c(c1C)C(c1ccc(Cl)cc1)=NC(CC(=O)Nc1cccnc1)c1nnc(C)n1-2. The highest BCUT2D eigenvalue weighted by Gasteiger charge is 2.38. The van der Waals surface area contributed by atoms with Crippen molar-refractivity contribution in [1.82, 2.24) is 74.7 Å². The highest BCUT2D eigenvalue weighted by Crippen LogP contribution is 2.46. The Bertz CT molecular complexity index is 6680. The summed E-state index contributed by atoms with van der Waals surface area (Å²) < 4.78 is 26.7. The first kappa shape index (κ1) is 90.5. The minimum absolute atomic E-state index is 0.0772. The van der Waals surface area contributed by atoms with E-state index in [2.05, 4.69) is 117 Å². The Morgan fingerprint density at radius 2 is 0.766 bits per heavy atom. The summed E-state index contributed by atoms with van der Waals surface area (Å²) in [5.74, 6) is 4.62. The minimum atomic E-state index is -0.531. The molecule has 4 N–H and O–H groups in total. The number of hydrogen-bond donors (Lipinski definition) is 4. The van der Waals surface area contributed by atoms with E-state index in [4.69, 9.17) is 64.6 Å². The van der Waals surface area contributed by atoms with E-state index in [-0.39, 0.29) is 68.3 Å². The molecule has 13 heterocycles. The lowest BCUT2D eigenvalue weighted by Gasteiger charge is -2.20. The first-order valence-electron chi connectivity index (χ1n) is 41.2. The third kappa shape index (κ3) is 18.6. The number of halogens is 4. The predicted octanol–water partition coefficient (Wildman–Crippen LogP) is 18.5. The maximum Gasteiger partial charge on any atom is 0.308 e. The van der Waals surface area contributed by atoms with Crippen LogP contribution >= 0.6 is 80.1 Å². The molecule has 0 bridgehead atoms. The molecule has 35 heteroatoms. The van der Waals surface area contributed by atoms with Crippen molar-refractivity contribution in [1.29, 1.82) is 0 Å². The number of thiophene rings is 4. The second-order valence-electron chi connectivity index (χ2n) is 30.9. The third-order valence-electron chi connectivity index (χ3n) is 22.5. The zero-order valence-electron chi connectivity index (χ0n) is 72.8. The largest absolute Gasteiger partial charge is 0.466 e. The molecule has 14 aromatic rings. The number of nitrogens with one attached hydrogen (secondary N) is 3. The first-order chi connectivity index (χ1) is 61.5. The molecule has 5 aromatic carbocycles.